The quantitative estimate of drug-likeness (QED) is 0.846. The van der Waals surface area contributed by atoms with Gasteiger partial charge in [0.1, 0.15) is 6.07 Å². The van der Waals surface area contributed by atoms with Gasteiger partial charge in [-0.05, 0) is 40.0 Å². The predicted molar refractivity (Wildman–Crippen MR) is 79.8 cm³/mol. The third-order valence-electron chi connectivity index (χ3n) is 2.48. The lowest BCUT2D eigenvalue weighted by molar-refractivity contribution is -0.120. The zero-order valence-electron chi connectivity index (χ0n) is 11.2. The third-order valence-corrected chi connectivity index (χ3v) is 3.13. The molecular weight excluding hydrogens is 306 g/mol. The monoisotopic (exact) mass is 323 g/mol. The number of carbonyl (C=O) groups is 1. The van der Waals surface area contributed by atoms with Crippen molar-refractivity contribution in [2.45, 2.75) is 20.3 Å². The van der Waals surface area contributed by atoms with Gasteiger partial charge in [0.05, 0.1) is 5.56 Å². The van der Waals surface area contributed by atoms with Crippen LogP contribution in [0, 0.1) is 17.2 Å². The van der Waals surface area contributed by atoms with Crippen LogP contribution in [0.3, 0.4) is 0 Å². The molecule has 0 fully saturated rings. The molecule has 0 heterocycles. The number of carbonyl (C=O) groups excluding carboxylic acids is 1. The van der Waals surface area contributed by atoms with Gasteiger partial charge in [-0.3, -0.25) is 4.79 Å². The summed E-state index contributed by atoms with van der Waals surface area (Å²) in [6.07, 6.45) is 0.435. The van der Waals surface area contributed by atoms with Crippen LogP contribution in [0.15, 0.2) is 22.7 Å². The highest BCUT2D eigenvalue weighted by atomic mass is 79.9. The second-order valence-electron chi connectivity index (χ2n) is 4.68. The normalized spacial score (nSPS) is 10.1. The van der Waals surface area contributed by atoms with E-state index in [9.17, 15) is 4.79 Å². The zero-order chi connectivity index (χ0) is 14.3. The van der Waals surface area contributed by atoms with Gasteiger partial charge in [-0.15, -0.1) is 0 Å². The lowest BCUT2D eigenvalue weighted by Gasteiger charge is -2.09. The molecule has 1 aromatic rings. The summed E-state index contributed by atoms with van der Waals surface area (Å²) in [6.45, 7) is 5.41. The molecule has 0 aliphatic rings. The molecule has 0 aliphatic carbocycles. The van der Waals surface area contributed by atoms with E-state index in [1.165, 1.54) is 0 Å². The van der Waals surface area contributed by atoms with Gasteiger partial charge in [-0.1, -0.05) is 13.8 Å². The van der Waals surface area contributed by atoms with Crippen LogP contribution < -0.4 is 10.6 Å². The summed E-state index contributed by atoms with van der Waals surface area (Å²) in [6, 6.07) is 7.49. The second-order valence-corrected chi connectivity index (χ2v) is 5.54. The van der Waals surface area contributed by atoms with Crippen LogP contribution in [0.4, 0.5) is 5.69 Å². The number of anilines is 1. The number of amides is 1. The van der Waals surface area contributed by atoms with Crippen molar-refractivity contribution >= 4 is 27.5 Å². The summed E-state index contributed by atoms with van der Waals surface area (Å²) in [4.78, 5) is 11.5. The highest BCUT2D eigenvalue weighted by Crippen LogP contribution is 2.20. The molecule has 1 aromatic carbocycles. The van der Waals surface area contributed by atoms with Crippen molar-refractivity contribution in [1.29, 1.82) is 5.26 Å². The Kier molecular flexibility index (Phi) is 6.37. The van der Waals surface area contributed by atoms with Crippen molar-refractivity contribution < 1.29 is 4.79 Å². The fraction of sp³-hybridized carbons (Fsp3) is 0.429. The molecule has 102 valence electrons. The maximum atomic E-state index is 11.5. The van der Waals surface area contributed by atoms with Crippen molar-refractivity contribution in [3.05, 3.63) is 28.2 Å². The number of nitrogens with one attached hydrogen (secondary N) is 2. The zero-order valence-corrected chi connectivity index (χ0v) is 12.8. The van der Waals surface area contributed by atoms with Crippen LogP contribution in [-0.4, -0.2) is 19.0 Å². The minimum atomic E-state index is 0.0499. The van der Waals surface area contributed by atoms with Crippen molar-refractivity contribution in [1.82, 2.24) is 5.32 Å². The molecule has 19 heavy (non-hydrogen) atoms. The maximum absolute atomic E-state index is 11.5. The molecule has 1 rings (SSSR count). The van der Waals surface area contributed by atoms with E-state index in [0.29, 0.717) is 31.0 Å². The van der Waals surface area contributed by atoms with Gasteiger partial charge in [0.25, 0.3) is 0 Å². The second kappa shape index (κ2) is 7.80. The number of nitrogens with zero attached hydrogens (tertiary/aromatic N) is 1. The topological polar surface area (TPSA) is 64.9 Å². The number of rotatable bonds is 6. The Balaban J connectivity index is 2.35. The molecule has 0 aromatic heterocycles. The van der Waals surface area contributed by atoms with E-state index >= 15 is 0 Å². The van der Waals surface area contributed by atoms with Gasteiger partial charge in [0, 0.05) is 29.7 Å². The van der Waals surface area contributed by atoms with Crippen LogP contribution in [0.25, 0.3) is 0 Å². The molecule has 1 amide bonds. The Hall–Kier alpha value is -1.54. The maximum Gasteiger partial charge on any atom is 0.221 e. The Morgan fingerprint density at radius 1 is 1.47 bits per heavy atom. The molecule has 0 spiro atoms. The molecule has 0 saturated heterocycles. The molecule has 4 nitrogen and oxygen atoms in total. The molecule has 0 bridgehead atoms. The lowest BCUT2D eigenvalue weighted by Crippen LogP contribution is -2.28. The number of benzene rings is 1. The van der Waals surface area contributed by atoms with Crippen molar-refractivity contribution in [2.24, 2.45) is 5.92 Å². The van der Waals surface area contributed by atoms with Crippen molar-refractivity contribution in [2.75, 3.05) is 18.4 Å². The van der Waals surface area contributed by atoms with Crippen LogP contribution in [0.1, 0.15) is 25.8 Å². The van der Waals surface area contributed by atoms with Gasteiger partial charge in [0.15, 0.2) is 0 Å². The van der Waals surface area contributed by atoms with E-state index in [4.69, 9.17) is 5.26 Å². The number of hydrogen-bond acceptors (Lipinski definition) is 3. The standard InChI is InChI=1S/C14H18BrN3O/c1-10(2)9-18-14(19)5-6-17-12-4-3-11(8-16)13(15)7-12/h3-4,7,10,17H,5-6,9H2,1-2H3,(H,18,19). The van der Waals surface area contributed by atoms with E-state index < -0.39 is 0 Å². The molecule has 2 N–H and O–H groups in total. The van der Waals surface area contributed by atoms with E-state index in [1.807, 2.05) is 12.1 Å². The summed E-state index contributed by atoms with van der Waals surface area (Å²) in [7, 11) is 0. The molecule has 0 aliphatic heterocycles. The summed E-state index contributed by atoms with van der Waals surface area (Å²) in [5.74, 6) is 0.514. The fourth-order valence-electron chi connectivity index (χ4n) is 1.44. The Morgan fingerprint density at radius 3 is 2.79 bits per heavy atom. The first-order chi connectivity index (χ1) is 9.02. The number of halogens is 1. The molecule has 0 radical (unpaired) electrons. The van der Waals surface area contributed by atoms with Crippen LogP contribution >= 0.6 is 15.9 Å². The highest BCUT2D eigenvalue weighted by Gasteiger charge is 2.03. The molecule has 0 saturated carbocycles. The molecule has 5 heteroatoms. The van der Waals surface area contributed by atoms with Gasteiger partial charge in [0.2, 0.25) is 5.91 Å². The number of hydrogen-bond donors (Lipinski definition) is 2. The Bertz CT molecular complexity index is 480. The minimum Gasteiger partial charge on any atom is -0.384 e. The predicted octanol–water partition coefficient (Wildman–Crippen LogP) is 2.89. The summed E-state index contributed by atoms with van der Waals surface area (Å²) < 4.78 is 0.754. The highest BCUT2D eigenvalue weighted by molar-refractivity contribution is 9.10. The van der Waals surface area contributed by atoms with Gasteiger partial charge in [-0.25, -0.2) is 0 Å². The minimum absolute atomic E-state index is 0.0499. The average molecular weight is 324 g/mol. The summed E-state index contributed by atoms with van der Waals surface area (Å²) in [5, 5.41) is 14.8. The first-order valence-corrected chi connectivity index (χ1v) is 7.02. The van der Waals surface area contributed by atoms with Crippen LogP contribution in [0.5, 0.6) is 0 Å². The largest absolute Gasteiger partial charge is 0.384 e. The lowest BCUT2D eigenvalue weighted by atomic mass is 10.2. The smallest absolute Gasteiger partial charge is 0.221 e. The van der Waals surface area contributed by atoms with Crippen LogP contribution in [-0.2, 0) is 4.79 Å². The van der Waals surface area contributed by atoms with E-state index in [0.717, 1.165) is 10.2 Å². The Morgan fingerprint density at radius 2 is 2.21 bits per heavy atom. The van der Waals surface area contributed by atoms with Crippen LogP contribution in [0.2, 0.25) is 0 Å². The van der Waals surface area contributed by atoms with Gasteiger partial charge in [-0.2, -0.15) is 5.26 Å². The van der Waals surface area contributed by atoms with Gasteiger partial charge >= 0.3 is 0 Å². The van der Waals surface area contributed by atoms with Crippen molar-refractivity contribution in [3.63, 3.8) is 0 Å². The SMILES string of the molecule is CC(C)CNC(=O)CCNc1ccc(C#N)c(Br)c1. The summed E-state index contributed by atoms with van der Waals surface area (Å²) in [5.41, 5.74) is 1.49. The van der Waals surface area contributed by atoms with E-state index in [2.05, 4.69) is 46.5 Å². The first kappa shape index (κ1) is 15.5. The fourth-order valence-corrected chi connectivity index (χ4v) is 1.91. The summed E-state index contributed by atoms with van der Waals surface area (Å²) >= 11 is 3.33. The average Bonchev–Trinajstić information content (AvgIpc) is 2.36. The molecular formula is C14H18BrN3O. The van der Waals surface area contributed by atoms with Gasteiger partial charge < -0.3 is 10.6 Å². The van der Waals surface area contributed by atoms with E-state index in [-0.39, 0.29) is 5.91 Å². The Labute approximate surface area is 122 Å². The van der Waals surface area contributed by atoms with E-state index in [1.54, 1.807) is 6.07 Å². The molecule has 0 unspecified atom stereocenters. The third kappa shape index (κ3) is 5.75. The molecule has 0 atom stereocenters. The number of nitriles is 1. The first-order valence-electron chi connectivity index (χ1n) is 6.23. The van der Waals surface area contributed by atoms with Crippen molar-refractivity contribution in [3.8, 4) is 6.07 Å².